The molecule has 0 unspecified atom stereocenters. The number of benzene rings is 2. The second-order valence-electron chi connectivity index (χ2n) is 7.52. The van der Waals surface area contributed by atoms with Crippen LogP contribution in [0.5, 0.6) is 17.2 Å². The Morgan fingerprint density at radius 3 is 2.42 bits per heavy atom. The predicted octanol–water partition coefficient (Wildman–Crippen LogP) is 2.98. The molecule has 0 amide bonds. The first kappa shape index (κ1) is 23.5. The van der Waals surface area contributed by atoms with Crippen LogP contribution in [-0.2, 0) is 13.0 Å². The number of hydrogen-bond donors (Lipinski definition) is 1. The van der Waals surface area contributed by atoms with Crippen molar-refractivity contribution in [2.45, 2.75) is 13.0 Å². The van der Waals surface area contributed by atoms with Crippen molar-refractivity contribution in [3.63, 3.8) is 0 Å². The summed E-state index contributed by atoms with van der Waals surface area (Å²) in [5.41, 5.74) is 2.54. The molecule has 2 aromatic rings. The van der Waals surface area contributed by atoms with E-state index in [1.165, 1.54) is 11.1 Å². The summed E-state index contributed by atoms with van der Waals surface area (Å²) in [5.74, 6) is 3.56. The van der Waals surface area contributed by atoms with Crippen LogP contribution in [-0.4, -0.2) is 69.4 Å². The third kappa shape index (κ3) is 6.16. The van der Waals surface area contributed by atoms with Gasteiger partial charge in [-0.05, 0) is 41.8 Å². The third-order valence-electron chi connectivity index (χ3n) is 5.58. The van der Waals surface area contributed by atoms with E-state index < -0.39 is 0 Å². The maximum Gasteiger partial charge on any atom is 0.231 e. The lowest BCUT2D eigenvalue weighted by molar-refractivity contribution is 0.171. The van der Waals surface area contributed by atoms with Crippen LogP contribution >= 0.6 is 24.0 Å². The van der Waals surface area contributed by atoms with E-state index in [0.717, 1.165) is 68.9 Å². The van der Waals surface area contributed by atoms with Crippen LogP contribution in [0.15, 0.2) is 47.5 Å². The Bertz CT molecular complexity index is 868. The first-order valence-electron chi connectivity index (χ1n) is 10.4. The summed E-state index contributed by atoms with van der Waals surface area (Å²) in [6.07, 6.45) is 0.951. The van der Waals surface area contributed by atoms with Crippen LogP contribution in [0.4, 0.5) is 0 Å². The molecule has 0 bridgehead atoms. The number of ether oxygens (including phenoxy) is 3. The highest BCUT2D eigenvalue weighted by molar-refractivity contribution is 14.0. The first-order valence-corrected chi connectivity index (χ1v) is 10.4. The Morgan fingerprint density at radius 2 is 1.71 bits per heavy atom. The molecule has 1 saturated heterocycles. The molecular weight excluding hydrogens is 507 g/mol. The summed E-state index contributed by atoms with van der Waals surface area (Å²) < 4.78 is 16.1. The number of methoxy groups -OCH3 is 1. The van der Waals surface area contributed by atoms with Gasteiger partial charge in [0.15, 0.2) is 17.5 Å². The van der Waals surface area contributed by atoms with Gasteiger partial charge in [-0.2, -0.15) is 0 Å². The number of hydrogen-bond acceptors (Lipinski definition) is 5. The molecule has 2 aromatic carbocycles. The van der Waals surface area contributed by atoms with Gasteiger partial charge in [-0.3, -0.25) is 9.89 Å². The van der Waals surface area contributed by atoms with E-state index in [1.807, 2.05) is 25.2 Å². The molecule has 0 radical (unpaired) electrons. The SMILES string of the molecule is CN=C(NCCc1ccc(OC)cc1)N1CCN(Cc2ccc3c(c2)OCO3)CC1.I. The molecule has 2 aliphatic rings. The van der Waals surface area contributed by atoms with Crippen LogP contribution < -0.4 is 19.5 Å². The van der Waals surface area contributed by atoms with Crippen LogP contribution in [0.25, 0.3) is 0 Å². The van der Waals surface area contributed by atoms with E-state index in [1.54, 1.807) is 7.11 Å². The Kier molecular flexibility index (Phi) is 8.65. The number of guanidine groups is 1. The Morgan fingerprint density at radius 1 is 1.00 bits per heavy atom. The van der Waals surface area contributed by atoms with E-state index in [0.29, 0.717) is 6.79 Å². The largest absolute Gasteiger partial charge is 0.497 e. The normalized spacial score (nSPS) is 16.1. The van der Waals surface area contributed by atoms with Gasteiger partial charge in [-0.15, -0.1) is 24.0 Å². The summed E-state index contributed by atoms with van der Waals surface area (Å²) in [6.45, 7) is 6.05. The average molecular weight is 538 g/mol. The molecule has 1 fully saturated rings. The van der Waals surface area contributed by atoms with E-state index >= 15 is 0 Å². The van der Waals surface area contributed by atoms with Crippen LogP contribution in [0.1, 0.15) is 11.1 Å². The summed E-state index contributed by atoms with van der Waals surface area (Å²) in [4.78, 5) is 9.29. The molecule has 1 N–H and O–H groups in total. The fraction of sp³-hybridized carbons (Fsp3) is 0.435. The van der Waals surface area contributed by atoms with Crippen LogP contribution in [0, 0.1) is 0 Å². The van der Waals surface area contributed by atoms with Crippen molar-refractivity contribution >= 4 is 29.9 Å². The molecule has 0 aromatic heterocycles. The van der Waals surface area contributed by atoms with Gasteiger partial charge < -0.3 is 24.4 Å². The van der Waals surface area contributed by atoms with Crippen LogP contribution in [0.3, 0.4) is 0 Å². The van der Waals surface area contributed by atoms with Gasteiger partial charge in [-0.25, -0.2) is 0 Å². The fourth-order valence-electron chi connectivity index (χ4n) is 3.86. The maximum atomic E-state index is 5.49. The number of rotatable bonds is 6. The lowest BCUT2D eigenvalue weighted by Crippen LogP contribution is -2.52. The summed E-state index contributed by atoms with van der Waals surface area (Å²) in [6, 6.07) is 14.4. The number of piperazine rings is 1. The molecule has 168 valence electrons. The zero-order chi connectivity index (χ0) is 20.8. The quantitative estimate of drug-likeness (QED) is 0.347. The van der Waals surface area contributed by atoms with Crippen molar-refractivity contribution in [2.24, 2.45) is 4.99 Å². The Hall–Kier alpha value is -2.20. The molecule has 0 aliphatic carbocycles. The van der Waals surface area contributed by atoms with Crippen molar-refractivity contribution in [1.29, 1.82) is 0 Å². The fourth-order valence-corrected chi connectivity index (χ4v) is 3.86. The van der Waals surface area contributed by atoms with E-state index in [9.17, 15) is 0 Å². The molecule has 7 nitrogen and oxygen atoms in total. The highest BCUT2D eigenvalue weighted by Crippen LogP contribution is 2.32. The minimum Gasteiger partial charge on any atom is -0.497 e. The Balaban J connectivity index is 0.00000272. The van der Waals surface area contributed by atoms with E-state index in [2.05, 4.69) is 44.4 Å². The zero-order valence-corrected chi connectivity index (χ0v) is 20.5. The smallest absolute Gasteiger partial charge is 0.231 e. The van der Waals surface area contributed by atoms with Crippen molar-refractivity contribution < 1.29 is 14.2 Å². The van der Waals surface area contributed by atoms with Gasteiger partial charge in [0.25, 0.3) is 0 Å². The molecule has 2 aliphatic heterocycles. The summed E-state index contributed by atoms with van der Waals surface area (Å²) >= 11 is 0. The van der Waals surface area contributed by atoms with Gasteiger partial charge in [0, 0.05) is 46.3 Å². The standard InChI is InChI=1S/C23H30N4O3.HI/c1-24-23(25-10-9-18-3-6-20(28-2)7-4-18)27-13-11-26(12-14-27)16-19-5-8-21-22(15-19)30-17-29-21;/h3-8,15H,9-14,16-17H2,1-2H3,(H,24,25);1H. The van der Waals surface area contributed by atoms with Gasteiger partial charge in [-0.1, -0.05) is 18.2 Å². The maximum absolute atomic E-state index is 5.49. The topological polar surface area (TPSA) is 58.6 Å². The van der Waals surface area contributed by atoms with E-state index in [4.69, 9.17) is 14.2 Å². The van der Waals surface area contributed by atoms with Crippen LogP contribution in [0.2, 0.25) is 0 Å². The number of halogens is 1. The molecule has 31 heavy (non-hydrogen) atoms. The summed E-state index contributed by atoms with van der Waals surface area (Å²) in [7, 11) is 3.55. The minimum atomic E-state index is 0. The van der Waals surface area contributed by atoms with Gasteiger partial charge in [0.1, 0.15) is 5.75 Å². The number of nitrogens with zero attached hydrogens (tertiary/aromatic N) is 3. The predicted molar refractivity (Wildman–Crippen MR) is 133 cm³/mol. The van der Waals surface area contributed by atoms with Crippen molar-refractivity contribution in [3.05, 3.63) is 53.6 Å². The van der Waals surface area contributed by atoms with Crippen molar-refractivity contribution in [1.82, 2.24) is 15.1 Å². The zero-order valence-electron chi connectivity index (χ0n) is 18.2. The van der Waals surface area contributed by atoms with Gasteiger partial charge in [0.2, 0.25) is 6.79 Å². The molecule has 0 saturated carbocycles. The second-order valence-corrected chi connectivity index (χ2v) is 7.52. The highest BCUT2D eigenvalue weighted by Gasteiger charge is 2.20. The lowest BCUT2D eigenvalue weighted by atomic mass is 10.1. The minimum absolute atomic E-state index is 0. The lowest BCUT2D eigenvalue weighted by Gasteiger charge is -2.36. The first-order chi connectivity index (χ1) is 14.7. The third-order valence-corrected chi connectivity index (χ3v) is 5.58. The Labute approximate surface area is 201 Å². The summed E-state index contributed by atoms with van der Waals surface area (Å²) in [5, 5.41) is 3.50. The van der Waals surface area contributed by atoms with Gasteiger partial charge >= 0.3 is 0 Å². The molecule has 4 rings (SSSR count). The number of fused-ring (bicyclic) bond motifs is 1. The van der Waals surface area contributed by atoms with Crippen molar-refractivity contribution in [3.8, 4) is 17.2 Å². The molecule has 2 heterocycles. The molecule has 8 heteroatoms. The average Bonchev–Trinajstić information content (AvgIpc) is 3.26. The molecule has 0 atom stereocenters. The second kappa shape index (κ2) is 11.4. The highest BCUT2D eigenvalue weighted by atomic mass is 127. The van der Waals surface area contributed by atoms with Crippen molar-refractivity contribution in [2.75, 3.05) is 53.7 Å². The monoisotopic (exact) mass is 538 g/mol. The van der Waals surface area contributed by atoms with Gasteiger partial charge in [0.05, 0.1) is 7.11 Å². The molecule has 0 spiro atoms. The number of aliphatic imine (C=N–C) groups is 1. The van der Waals surface area contributed by atoms with E-state index in [-0.39, 0.29) is 24.0 Å². The molecular formula is C23H31IN4O3. The number of nitrogens with one attached hydrogen (secondary N) is 1.